The van der Waals surface area contributed by atoms with Gasteiger partial charge in [-0.15, -0.1) is 0 Å². The van der Waals surface area contributed by atoms with Crippen LogP contribution in [0.25, 0.3) is 22.0 Å². The number of anilines is 1. The summed E-state index contributed by atoms with van der Waals surface area (Å²) in [5.41, 5.74) is 1.87. The van der Waals surface area contributed by atoms with Gasteiger partial charge in [0.1, 0.15) is 6.10 Å². The molecule has 0 spiro atoms. The van der Waals surface area contributed by atoms with E-state index in [0.29, 0.717) is 28.9 Å². The van der Waals surface area contributed by atoms with Gasteiger partial charge in [0.05, 0.1) is 17.0 Å². The number of fused-ring (bicyclic) bond motifs is 1. The third-order valence-electron chi connectivity index (χ3n) is 6.65. The Labute approximate surface area is 232 Å². The highest BCUT2D eigenvalue weighted by molar-refractivity contribution is 6.16. The highest BCUT2D eigenvalue weighted by atomic mass is 19.4. The largest absolute Gasteiger partial charge is 0.547 e. The number of benzene rings is 4. The number of carboxylic acids is 1. The van der Waals surface area contributed by atoms with Gasteiger partial charge in [-0.3, -0.25) is 9.78 Å². The Morgan fingerprint density at radius 3 is 2.29 bits per heavy atom. The van der Waals surface area contributed by atoms with E-state index < -0.39 is 23.8 Å². The fourth-order valence-corrected chi connectivity index (χ4v) is 4.62. The molecule has 6 nitrogen and oxygen atoms in total. The number of carboxylic acid groups (broad SMARTS) is 1. The first-order chi connectivity index (χ1) is 19.6. The number of aliphatic carboxylic acids is 1. The van der Waals surface area contributed by atoms with Crippen LogP contribution in [0.3, 0.4) is 0 Å². The number of aromatic nitrogens is 1. The summed E-state index contributed by atoms with van der Waals surface area (Å²) in [7, 11) is 0. The Bertz CT molecular complexity index is 1740. The fourth-order valence-electron chi connectivity index (χ4n) is 4.62. The highest BCUT2D eigenvalue weighted by Crippen LogP contribution is 2.39. The molecular formula is C32H22F3N2O4-. The molecule has 0 saturated heterocycles. The second-order valence-corrected chi connectivity index (χ2v) is 9.34. The molecule has 4 aromatic carbocycles. The first-order valence-corrected chi connectivity index (χ1v) is 12.5. The van der Waals surface area contributed by atoms with Gasteiger partial charge >= 0.3 is 6.18 Å². The lowest BCUT2D eigenvalue weighted by molar-refractivity contribution is -0.315. The predicted molar refractivity (Wildman–Crippen MR) is 146 cm³/mol. The number of nitrogens with one attached hydrogen (secondary N) is 1. The van der Waals surface area contributed by atoms with Gasteiger partial charge in [-0.1, -0.05) is 78.9 Å². The lowest BCUT2D eigenvalue weighted by atomic mass is 9.91. The predicted octanol–water partition coefficient (Wildman–Crippen LogP) is 5.55. The minimum absolute atomic E-state index is 0.169. The monoisotopic (exact) mass is 555 g/mol. The summed E-state index contributed by atoms with van der Waals surface area (Å²) in [5.74, 6) is -1.96. The van der Waals surface area contributed by atoms with Crippen molar-refractivity contribution in [3.8, 4) is 11.1 Å². The molecule has 1 aromatic heterocycles. The third kappa shape index (κ3) is 5.80. The molecule has 0 aliphatic heterocycles. The van der Waals surface area contributed by atoms with Crippen LogP contribution in [0.5, 0.6) is 0 Å². The molecule has 1 atom stereocenters. The zero-order chi connectivity index (χ0) is 29.1. The maximum atomic E-state index is 13.8. The second kappa shape index (κ2) is 11.2. The van der Waals surface area contributed by atoms with Crippen molar-refractivity contribution in [2.24, 2.45) is 0 Å². The van der Waals surface area contributed by atoms with Crippen LogP contribution in [0.4, 0.5) is 18.9 Å². The molecule has 9 heteroatoms. The minimum atomic E-state index is -4.63. The van der Waals surface area contributed by atoms with Crippen LogP contribution in [0.2, 0.25) is 0 Å². The van der Waals surface area contributed by atoms with Gasteiger partial charge in [0, 0.05) is 40.5 Å². The average molecular weight is 556 g/mol. The molecule has 0 aliphatic rings. The number of carbonyl (C=O) groups excluding carboxylic acids is 2. The number of aliphatic hydroxyl groups is 1. The van der Waals surface area contributed by atoms with E-state index >= 15 is 0 Å². The molecule has 0 fully saturated rings. The zero-order valence-corrected chi connectivity index (χ0v) is 21.4. The maximum absolute atomic E-state index is 13.8. The van der Waals surface area contributed by atoms with E-state index in [1.807, 2.05) is 0 Å². The van der Waals surface area contributed by atoms with Gasteiger partial charge in [-0.05, 0) is 34.9 Å². The summed E-state index contributed by atoms with van der Waals surface area (Å²) < 4.78 is 41.5. The van der Waals surface area contributed by atoms with Crippen LogP contribution in [-0.2, 0) is 17.5 Å². The molecule has 0 amide bonds. The van der Waals surface area contributed by atoms with E-state index in [2.05, 4.69) is 10.3 Å². The van der Waals surface area contributed by atoms with Gasteiger partial charge in [-0.2, -0.15) is 13.2 Å². The molecule has 1 unspecified atom stereocenters. The normalized spacial score (nSPS) is 12.2. The van der Waals surface area contributed by atoms with Crippen molar-refractivity contribution in [1.29, 1.82) is 0 Å². The van der Waals surface area contributed by atoms with Crippen molar-refractivity contribution in [3.05, 3.63) is 131 Å². The number of pyridine rings is 1. The lowest BCUT2D eigenvalue weighted by Crippen LogP contribution is -2.29. The minimum Gasteiger partial charge on any atom is -0.547 e. The molecule has 2 N–H and O–H groups in total. The van der Waals surface area contributed by atoms with Crippen molar-refractivity contribution >= 4 is 28.3 Å². The van der Waals surface area contributed by atoms with E-state index in [1.165, 1.54) is 30.5 Å². The van der Waals surface area contributed by atoms with Crippen LogP contribution in [0.15, 0.2) is 103 Å². The van der Waals surface area contributed by atoms with E-state index in [0.717, 1.165) is 11.6 Å². The number of para-hydroxylation sites is 1. The van der Waals surface area contributed by atoms with Gasteiger partial charge in [0.25, 0.3) is 0 Å². The molecule has 5 aromatic rings. The van der Waals surface area contributed by atoms with Crippen molar-refractivity contribution in [3.63, 3.8) is 0 Å². The molecule has 0 aliphatic carbocycles. The van der Waals surface area contributed by atoms with Crippen LogP contribution in [0, 0.1) is 0 Å². The molecule has 41 heavy (non-hydrogen) atoms. The van der Waals surface area contributed by atoms with E-state index in [4.69, 9.17) is 0 Å². The van der Waals surface area contributed by atoms with Gasteiger partial charge in [0.15, 0.2) is 5.78 Å². The average Bonchev–Trinajstić information content (AvgIpc) is 2.98. The van der Waals surface area contributed by atoms with Crippen LogP contribution in [-0.4, -0.2) is 21.8 Å². The maximum Gasteiger partial charge on any atom is 0.418 e. The van der Waals surface area contributed by atoms with Gasteiger partial charge in [-0.25, -0.2) is 0 Å². The third-order valence-corrected chi connectivity index (χ3v) is 6.65. The SMILES string of the molecule is O=C(c1ccccc1)c1cnc2c(C(F)(F)F)cccc2c1-c1cccc(NCc2ccc(C(O)C(=O)[O-])cc2)c1. The topological polar surface area (TPSA) is 102 Å². The first-order valence-electron chi connectivity index (χ1n) is 12.5. The molecule has 1 heterocycles. The number of hydrogen-bond donors (Lipinski definition) is 2. The Hall–Kier alpha value is -5.02. The van der Waals surface area contributed by atoms with Crippen LogP contribution >= 0.6 is 0 Å². The van der Waals surface area contributed by atoms with E-state index in [-0.39, 0.29) is 27.8 Å². The summed E-state index contributed by atoms with van der Waals surface area (Å²) in [6.45, 7) is 0.330. The van der Waals surface area contributed by atoms with Crippen LogP contribution < -0.4 is 10.4 Å². The van der Waals surface area contributed by atoms with E-state index in [9.17, 15) is 33.0 Å². The van der Waals surface area contributed by atoms with Crippen molar-refractivity contribution in [2.75, 3.05) is 5.32 Å². The number of halogens is 3. The van der Waals surface area contributed by atoms with Crippen molar-refractivity contribution < 1.29 is 33.0 Å². The molecule has 5 rings (SSSR count). The van der Waals surface area contributed by atoms with Crippen molar-refractivity contribution in [2.45, 2.75) is 18.8 Å². The molecule has 0 bridgehead atoms. The summed E-state index contributed by atoms with van der Waals surface area (Å²) in [5, 5.41) is 24.0. The van der Waals surface area contributed by atoms with Gasteiger partial charge in [0.2, 0.25) is 0 Å². The standard InChI is InChI=1S/C32H23F3N2O4/c33-32(34,35)26-11-5-10-24-27(25(18-37-28(24)26)29(38)20-6-2-1-3-7-20)22-8-4-9-23(16-22)36-17-19-12-14-21(15-13-19)30(39)31(40)41/h1-16,18,30,36,39H,17H2,(H,40,41)/p-1. The number of nitrogens with zero attached hydrogens (tertiary/aromatic N) is 1. The Kier molecular flexibility index (Phi) is 7.54. The number of hydrogen-bond acceptors (Lipinski definition) is 6. The van der Waals surface area contributed by atoms with Gasteiger partial charge < -0.3 is 20.3 Å². The fraction of sp³-hybridized carbons (Fsp3) is 0.0938. The van der Waals surface area contributed by atoms with E-state index in [1.54, 1.807) is 66.7 Å². The first kappa shape index (κ1) is 27.5. The summed E-state index contributed by atoms with van der Waals surface area (Å²) in [6, 6.07) is 25.5. The molecular weight excluding hydrogens is 533 g/mol. The Morgan fingerprint density at radius 1 is 0.902 bits per heavy atom. The number of carbonyl (C=O) groups is 2. The Balaban J connectivity index is 1.55. The molecule has 0 saturated carbocycles. The van der Waals surface area contributed by atoms with Crippen LogP contribution in [0.1, 0.15) is 38.7 Å². The zero-order valence-electron chi connectivity index (χ0n) is 21.4. The highest BCUT2D eigenvalue weighted by Gasteiger charge is 2.34. The second-order valence-electron chi connectivity index (χ2n) is 9.34. The summed E-state index contributed by atoms with van der Waals surface area (Å²) in [6.07, 6.45) is -5.16. The Morgan fingerprint density at radius 2 is 1.61 bits per heavy atom. The number of rotatable bonds is 8. The smallest absolute Gasteiger partial charge is 0.418 e. The molecule has 206 valence electrons. The summed E-state index contributed by atoms with van der Waals surface area (Å²) >= 11 is 0. The number of alkyl halides is 3. The lowest BCUT2D eigenvalue weighted by Gasteiger charge is -2.17. The summed E-state index contributed by atoms with van der Waals surface area (Å²) in [4.78, 5) is 28.5. The quantitative estimate of drug-likeness (QED) is 0.244. The number of aliphatic hydroxyl groups excluding tert-OH is 1. The molecule has 0 radical (unpaired) electrons. The van der Waals surface area contributed by atoms with Crippen molar-refractivity contribution in [1.82, 2.24) is 4.98 Å². The number of ketones is 1.